The Balaban J connectivity index is 2.53. The van der Waals surface area contributed by atoms with Crippen molar-refractivity contribution in [3.05, 3.63) is 39.9 Å². The molecule has 0 N–H and O–H groups in total. The molecule has 1 rings (SSSR count). The Morgan fingerprint density at radius 2 is 2.00 bits per heavy atom. The molecule has 0 radical (unpaired) electrons. The Morgan fingerprint density at radius 1 is 1.29 bits per heavy atom. The first-order valence-electron chi connectivity index (χ1n) is 6.48. The maximum absolute atomic E-state index is 11.9. The van der Waals surface area contributed by atoms with Crippen molar-refractivity contribution >= 4 is 41.2 Å². The number of carbonyl (C=O) groups is 2. The van der Waals surface area contributed by atoms with Gasteiger partial charge in [-0.05, 0) is 30.7 Å². The van der Waals surface area contributed by atoms with Gasteiger partial charge in [-0.2, -0.15) is 0 Å². The minimum atomic E-state index is -0.314. The predicted octanol–water partition coefficient (Wildman–Crippen LogP) is 3.42. The van der Waals surface area contributed by atoms with Crippen LogP contribution in [0.4, 0.5) is 0 Å². The molecule has 1 aromatic rings. The van der Waals surface area contributed by atoms with Crippen molar-refractivity contribution in [2.45, 2.75) is 13.3 Å². The van der Waals surface area contributed by atoms with E-state index in [9.17, 15) is 9.59 Å². The lowest BCUT2D eigenvalue weighted by atomic mass is 10.2. The van der Waals surface area contributed by atoms with Gasteiger partial charge in [-0.15, -0.1) is 0 Å². The van der Waals surface area contributed by atoms with Crippen molar-refractivity contribution < 1.29 is 14.3 Å². The molecule has 0 aliphatic heterocycles. The van der Waals surface area contributed by atoms with E-state index in [1.54, 1.807) is 38.2 Å². The number of esters is 1. The van der Waals surface area contributed by atoms with Crippen molar-refractivity contribution in [3.8, 4) is 0 Å². The van der Waals surface area contributed by atoms with Crippen LogP contribution in [0.3, 0.4) is 0 Å². The number of hydrogen-bond acceptors (Lipinski definition) is 3. The molecule has 0 aliphatic carbocycles. The molecule has 0 saturated heterocycles. The molecule has 0 spiro atoms. The molecule has 0 aliphatic rings. The molecule has 4 nitrogen and oxygen atoms in total. The highest BCUT2D eigenvalue weighted by Crippen LogP contribution is 2.23. The maximum Gasteiger partial charge on any atom is 0.307 e. The average Bonchev–Trinajstić information content (AvgIpc) is 2.46. The SMILES string of the molecule is CCOC(=O)CCN(C)C(=O)C=Cc1ccc(Cl)c(Cl)c1. The van der Waals surface area contributed by atoms with Crippen LogP contribution in [0.1, 0.15) is 18.9 Å². The molecule has 0 bridgehead atoms. The number of hydrogen-bond donors (Lipinski definition) is 0. The van der Waals surface area contributed by atoms with Gasteiger partial charge in [0.25, 0.3) is 0 Å². The molecule has 6 heteroatoms. The highest BCUT2D eigenvalue weighted by atomic mass is 35.5. The summed E-state index contributed by atoms with van der Waals surface area (Å²) in [6, 6.07) is 5.10. The van der Waals surface area contributed by atoms with E-state index in [2.05, 4.69) is 0 Å². The van der Waals surface area contributed by atoms with Gasteiger partial charge >= 0.3 is 5.97 Å². The second-order valence-electron chi connectivity index (χ2n) is 4.32. The lowest BCUT2D eigenvalue weighted by Crippen LogP contribution is -2.27. The van der Waals surface area contributed by atoms with Gasteiger partial charge in [0, 0.05) is 19.7 Å². The fourth-order valence-corrected chi connectivity index (χ4v) is 1.82. The number of ether oxygens (including phenoxy) is 1. The summed E-state index contributed by atoms with van der Waals surface area (Å²) in [6.45, 7) is 2.39. The fourth-order valence-electron chi connectivity index (χ4n) is 1.51. The second kappa shape index (κ2) is 8.70. The Hall–Kier alpha value is -1.52. The topological polar surface area (TPSA) is 46.6 Å². The molecule has 0 fully saturated rings. The number of nitrogens with zero attached hydrogens (tertiary/aromatic N) is 1. The van der Waals surface area contributed by atoms with E-state index in [1.807, 2.05) is 0 Å². The zero-order valence-corrected chi connectivity index (χ0v) is 13.4. The monoisotopic (exact) mass is 329 g/mol. The molecule has 1 amide bonds. The van der Waals surface area contributed by atoms with Gasteiger partial charge in [-0.1, -0.05) is 29.3 Å². The molecular formula is C15H17Cl2NO3. The zero-order valence-electron chi connectivity index (χ0n) is 11.9. The van der Waals surface area contributed by atoms with Gasteiger partial charge in [0.2, 0.25) is 5.91 Å². The minimum Gasteiger partial charge on any atom is -0.466 e. The summed E-state index contributed by atoms with van der Waals surface area (Å²) in [5, 5.41) is 0.897. The van der Waals surface area contributed by atoms with E-state index in [0.29, 0.717) is 23.2 Å². The normalized spacial score (nSPS) is 10.7. The van der Waals surface area contributed by atoms with Gasteiger partial charge in [-0.3, -0.25) is 9.59 Å². The van der Waals surface area contributed by atoms with Gasteiger partial charge in [0.05, 0.1) is 23.1 Å². The molecule has 0 heterocycles. The first kappa shape index (κ1) is 17.5. The van der Waals surface area contributed by atoms with Gasteiger partial charge < -0.3 is 9.64 Å². The lowest BCUT2D eigenvalue weighted by Gasteiger charge is -2.14. The Kier molecular flexibility index (Phi) is 7.26. The summed E-state index contributed by atoms with van der Waals surface area (Å²) in [4.78, 5) is 24.5. The zero-order chi connectivity index (χ0) is 15.8. The molecule has 0 saturated carbocycles. The largest absolute Gasteiger partial charge is 0.466 e. The number of likely N-dealkylation sites (N-methyl/N-ethyl adjacent to an activating group) is 1. The van der Waals surface area contributed by atoms with Crippen LogP contribution in [-0.4, -0.2) is 37.0 Å². The number of amides is 1. The number of carbonyl (C=O) groups excluding carboxylic acids is 2. The molecular weight excluding hydrogens is 313 g/mol. The molecule has 0 aromatic heterocycles. The summed E-state index contributed by atoms with van der Waals surface area (Å²) in [7, 11) is 1.63. The van der Waals surface area contributed by atoms with E-state index < -0.39 is 0 Å². The third-order valence-corrected chi connectivity index (χ3v) is 3.43. The van der Waals surface area contributed by atoms with Crippen LogP contribution >= 0.6 is 23.2 Å². The van der Waals surface area contributed by atoms with Crippen molar-refractivity contribution in [2.24, 2.45) is 0 Å². The highest BCUT2D eigenvalue weighted by Gasteiger charge is 2.08. The van der Waals surface area contributed by atoms with Gasteiger partial charge in [-0.25, -0.2) is 0 Å². The first-order chi connectivity index (χ1) is 9.93. The lowest BCUT2D eigenvalue weighted by molar-refractivity contribution is -0.143. The van der Waals surface area contributed by atoms with E-state index >= 15 is 0 Å². The molecule has 0 unspecified atom stereocenters. The van der Waals surface area contributed by atoms with E-state index in [1.165, 1.54) is 11.0 Å². The average molecular weight is 330 g/mol. The number of rotatable bonds is 6. The van der Waals surface area contributed by atoms with Crippen LogP contribution in [0.2, 0.25) is 10.0 Å². The van der Waals surface area contributed by atoms with Gasteiger partial charge in [0.15, 0.2) is 0 Å². The van der Waals surface area contributed by atoms with Crippen LogP contribution in [0.15, 0.2) is 24.3 Å². The standard InChI is InChI=1S/C15H17Cl2NO3/c1-3-21-15(20)8-9-18(2)14(19)7-5-11-4-6-12(16)13(17)10-11/h4-7,10H,3,8-9H2,1-2H3. The van der Waals surface area contributed by atoms with E-state index in [0.717, 1.165) is 5.56 Å². The smallest absolute Gasteiger partial charge is 0.307 e. The minimum absolute atomic E-state index is 0.177. The van der Waals surface area contributed by atoms with E-state index in [-0.39, 0.29) is 18.3 Å². The van der Waals surface area contributed by atoms with Crippen LogP contribution in [0.5, 0.6) is 0 Å². The number of halogens is 2. The van der Waals surface area contributed by atoms with Crippen molar-refractivity contribution in [1.29, 1.82) is 0 Å². The summed E-state index contributed by atoms with van der Waals surface area (Å²) in [6.07, 6.45) is 3.24. The quantitative estimate of drug-likeness (QED) is 0.593. The Morgan fingerprint density at radius 3 is 2.62 bits per heavy atom. The second-order valence-corrected chi connectivity index (χ2v) is 5.14. The van der Waals surface area contributed by atoms with Crippen molar-refractivity contribution in [3.63, 3.8) is 0 Å². The molecule has 114 valence electrons. The van der Waals surface area contributed by atoms with Crippen molar-refractivity contribution in [2.75, 3.05) is 20.2 Å². The van der Waals surface area contributed by atoms with Gasteiger partial charge in [0.1, 0.15) is 0 Å². The molecule has 21 heavy (non-hydrogen) atoms. The number of benzene rings is 1. The highest BCUT2D eigenvalue weighted by molar-refractivity contribution is 6.42. The van der Waals surface area contributed by atoms with Crippen LogP contribution in [-0.2, 0) is 14.3 Å². The molecule has 0 atom stereocenters. The summed E-state index contributed by atoms with van der Waals surface area (Å²) in [5.74, 6) is -0.518. The van der Waals surface area contributed by atoms with E-state index in [4.69, 9.17) is 27.9 Å². The maximum atomic E-state index is 11.9. The predicted molar refractivity (Wildman–Crippen MR) is 84.4 cm³/mol. The fraction of sp³-hybridized carbons (Fsp3) is 0.333. The van der Waals surface area contributed by atoms with Crippen LogP contribution < -0.4 is 0 Å². The van der Waals surface area contributed by atoms with Crippen LogP contribution in [0, 0.1) is 0 Å². The first-order valence-corrected chi connectivity index (χ1v) is 7.23. The van der Waals surface area contributed by atoms with Crippen LogP contribution in [0.25, 0.3) is 6.08 Å². The molecule has 1 aromatic carbocycles. The summed E-state index contributed by atoms with van der Waals surface area (Å²) < 4.78 is 4.80. The Labute approximate surface area is 134 Å². The third-order valence-electron chi connectivity index (χ3n) is 2.69. The van der Waals surface area contributed by atoms with Crippen molar-refractivity contribution in [1.82, 2.24) is 4.90 Å². The Bertz CT molecular complexity index is 544. The third kappa shape index (κ3) is 6.19. The summed E-state index contributed by atoms with van der Waals surface area (Å²) in [5.41, 5.74) is 0.775. The summed E-state index contributed by atoms with van der Waals surface area (Å²) >= 11 is 11.7.